The molecule has 23 heavy (non-hydrogen) atoms. The summed E-state index contributed by atoms with van der Waals surface area (Å²) in [7, 11) is 0. The molecule has 0 fully saturated rings. The molecule has 0 amide bonds. The highest BCUT2D eigenvalue weighted by Crippen LogP contribution is 2.39. The number of phenols is 1. The summed E-state index contributed by atoms with van der Waals surface area (Å²) in [6, 6.07) is 3.87. The molecule has 0 bridgehead atoms. The van der Waals surface area contributed by atoms with E-state index in [9.17, 15) is 5.11 Å². The van der Waals surface area contributed by atoms with E-state index >= 15 is 0 Å². The first kappa shape index (κ1) is 17.6. The van der Waals surface area contributed by atoms with Crippen molar-refractivity contribution < 1.29 is 9.84 Å². The maximum Gasteiger partial charge on any atom is 0.133 e. The van der Waals surface area contributed by atoms with Gasteiger partial charge in [0.2, 0.25) is 0 Å². The van der Waals surface area contributed by atoms with Crippen LogP contribution in [0.15, 0.2) is 35.4 Å². The molecule has 0 radical (unpaired) electrons. The van der Waals surface area contributed by atoms with E-state index in [4.69, 9.17) is 10.5 Å². The van der Waals surface area contributed by atoms with E-state index in [0.717, 1.165) is 29.7 Å². The van der Waals surface area contributed by atoms with Crippen LogP contribution in [-0.2, 0) is 6.42 Å². The van der Waals surface area contributed by atoms with E-state index in [1.165, 1.54) is 11.1 Å². The monoisotopic (exact) mass is 315 g/mol. The summed E-state index contributed by atoms with van der Waals surface area (Å²) in [6.45, 7) is 11.0. The number of hydrogen-bond donors (Lipinski definition) is 2. The molecule has 0 aromatic heterocycles. The Morgan fingerprint density at radius 3 is 2.57 bits per heavy atom. The van der Waals surface area contributed by atoms with Crippen molar-refractivity contribution in [1.82, 2.24) is 0 Å². The van der Waals surface area contributed by atoms with Gasteiger partial charge in [-0.1, -0.05) is 31.6 Å². The Morgan fingerprint density at radius 2 is 2.00 bits per heavy atom. The molecule has 1 aliphatic rings. The zero-order valence-electron chi connectivity index (χ0n) is 14.9. The third-order valence-electron chi connectivity index (χ3n) is 5.01. The van der Waals surface area contributed by atoms with E-state index in [0.29, 0.717) is 12.3 Å². The molecule has 1 aliphatic carbocycles. The van der Waals surface area contributed by atoms with Crippen molar-refractivity contribution in [1.29, 1.82) is 0 Å². The lowest BCUT2D eigenvalue weighted by Gasteiger charge is -2.39. The Bertz CT molecular complexity index is 645. The van der Waals surface area contributed by atoms with Crippen molar-refractivity contribution >= 4 is 0 Å². The quantitative estimate of drug-likeness (QED) is 0.853. The van der Waals surface area contributed by atoms with E-state index in [2.05, 4.69) is 32.9 Å². The molecule has 2 atom stereocenters. The standard InChI is InChI=1S/C20H29NO2/c1-6-17-12-18(9-13(2)19(17)22)23-20(5)14(3)10-16(7-8-21)11-15(20)4/h9-12,14,22H,6-8,21H2,1-5H3. The van der Waals surface area contributed by atoms with Crippen molar-refractivity contribution in [2.75, 3.05) is 6.54 Å². The van der Waals surface area contributed by atoms with Gasteiger partial charge in [0.05, 0.1) is 0 Å². The highest BCUT2D eigenvalue weighted by Gasteiger charge is 2.37. The fraction of sp³-hybridized carbons (Fsp3) is 0.500. The van der Waals surface area contributed by atoms with Gasteiger partial charge in [-0.3, -0.25) is 0 Å². The van der Waals surface area contributed by atoms with Crippen molar-refractivity contribution in [3.05, 3.63) is 46.6 Å². The molecular weight excluding hydrogens is 286 g/mol. The third-order valence-corrected chi connectivity index (χ3v) is 5.01. The van der Waals surface area contributed by atoms with Gasteiger partial charge < -0.3 is 15.6 Å². The lowest BCUT2D eigenvalue weighted by Crippen LogP contribution is -2.41. The molecule has 1 aromatic carbocycles. The highest BCUT2D eigenvalue weighted by molar-refractivity contribution is 5.47. The molecule has 0 saturated heterocycles. The maximum absolute atomic E-state index is 10.1. The van der Waals surface area contributed by atoms with Crippen molar-refractivity contribution in [3.8, 4) is 11.5 Å². The second-order valence-electron chi connectivity index (χ2n) is 6.71. The predicted molar refractivity (Wildman–Crippen MR) is 95.9 cm³/mol. The molecule has 3 nitrogen and oxygen atoms in total. The summed E-state index contributed by atoms with van der Waals surface area (Å²) in [5.41, 5.74) is 9.57. The zero-order valence-corrected chi connectivity index (χ0v) is 14.9. The molecule has 2 unspecified atom stereocenters. The minimum absolute atomic E-state index is 0.258. The Kier molecular flexibility index (Phi) is 5.20. The van der Waals surface area contributed by atoms with Crippen LogP contribution in [0.5, 0.6) is 11.5 Å². The topological polar surface area (TPSA) is 55.5 Å². The number of aromatic hydroxyl groups is 1. The molecule has 2 rings (SSSR count). The Hall–Kier alpha value is -1.74. The van der Waals surface area contributed by atoms with Gasteiger partial charge in [-0.2, -0.15) is 0 Å². The van der Waals surface area contributed by atoms with Crippen LogP contribution >= 0.6 is 0 Å². The van der Waals surface area contributed by atoms with Crippen molar-refractivity contribution in [2.45, 2.75) is 53.1 Å². The van der Waals surface area contributed by atoms with Crippen LogP contribution in [0, 0.1) is 12.8 Å². The van der Waals surface area contributed by atoms with Crippen LogP contribution in [-0.4, -0.2) is 17.3 Å². The summed E-state index contributed by atoms with van der Waals surface area (Å²) >= 11 is 0. The van der Waals surface area contributed by atoms with E-state index in [-0.39, 0.29) is 11.5 Å². The number of phenolic OH excluding ortho intramolecular Hbond substituents is 1. The molecule has 3 N–H and O–H groups in total. The summed E-state index contributed by atoms with van der Waals surface area (Å²) in [6.07, 6.45) is 6.14. The molecule has 1 aromatic rings. The maximum atomic E-state index is 10.1. The second kappa shape index (κ2) is 6.79. The molecule has 126 valence electrons. The molecule has 0 spiro atoms. The van der Waals surface area contributed by atoms with E-state index in [1.807, 2.05) is 26.0 Å². The summed E-state index contributed by atoms with van der Waals surface area (Å²) in [5, 5.41) is 10.1. The predicted octanol–water partition coefficient (Wildman–Crippen LogP) is 4.27. The zero-order chi connectivity index (χ0) is 17.2. The minimum atomic E-state index is -0.382. The molecule has 0 saturated carbocycles. The Morgan fingerprint density at radius 1 is 1.30 bits per heavy atom. The van der Waals surface area contributed by atoms with Crippen LogP contribution in [0.4, 0.5) is 0 Å². The number of ether oxygens (including phenoxy) is 1. The Labute approximate surface area is 139 Å². The van der Waals surface area contributed by atoms with Gasteiger partial charge in [-0.15, -0.1) is 0 Å². The van der Waals surface area contributed by atoms with Gasteiger partial charge in [-0.25, -0.2) is 0 Å². The van der Waals surface area contributed by atoms with E-state index in [1.54, 1.807) is 0 Å². The van der Waals surface area contributed by atoms with Crippen LogP contribution in [0.2, 0.25) is 0 Å². The number of hydrogen-bond acceptors (Lipinski definition) is 3. The smallest absolute Gasteiger partial charge is 0.133 e. The van der Waals surface area contributed by atoms with Gasteiger partial charge in [-0.05, 0) is 69.0 Å². The first-order valence-electron chi connectivity index (χ1n) is 8.42. The van der Waals surface area contributed by atoms with Gasteiger partial charge in [0, 0.05) is 5.92 Å². The lowest BCUT2D eigenvalue weighted by atomic mass is 9.78. The van der Waals surface area contributed by atoms with Crippen molar-refractivity contribution in [2.24, 2.45) is 11.7 Å². The lowest BCUT2D eigenvalue weighted by molar-refractivity contribution is 0.0870. The fourth-order valence-corrected chi connectivity index (χ4v) is 3.19. The van der Waals surface area contributed by atoms with Gasteiger partial charge in [0.1, 0.15) is 17.1 Å². The molecule has 0 heterocycles. The summed E-state index contributed by atoms with van der Waals surface area (Å²) < 4.78 is 6.42. The largest absolute Gasteiger partial charge is 0.507 e. The minimum Gasteiger partial charge on any atom is -0.507 e. The average Bonchev–Trinajstić information content (AvgIpc) is 2.49. The molecular formula is C20H29NO2. The average molecular weight is 315 g/mol. The number of benzene rings is 1. The van der Waals surface area contributed by atoms with Crippen LogP contribution in [0.1, 0.15) is 45.2 Å². The fourth-order valence-electron chi connectivity index (χ4n) is 3.19. The number of rotatable bonds is 5. The third kappa shape index (κ3) is 3.45. The summed E-state index contributed by atoms with van der Waals surface area (Å²) in [4.78, 5) is 0. The SMILES string of the molecule is CCc1cc(OC2(C)C(C)=CC(CCN)=CC2C)cc(C)c1O. The highest BCUT2D eigenvalue weighted by atomic mass is 16.5. The first-order chi connectivity index (χ1) is 10.8. The van der Waals surface area contributed by atoms with Crippen LogP contribution in [0.25, 0.3) is 0 Å². The van der Waals surface area contributed by atoms with Crippen molar-refractivity contribution in [3.63, 3.8) is 0 Å². The molecule has 3 heteroatoms. The first-order valence-corrected chi connectivity index (χ1v) is 8.42. The Balaban J connectivity index is 2.33. The number of aryl methyl sites for hydroxylation is 2. The van der Waals surface area contributed by atoms with Gasteiger partial charge >= 0.3 is 0 Å². The normalized spacial score (nSPS) is 24.2. The number of nitrogens with two attached hydrogens (primary N) is 1. The van der Waals surface area contributed by atoms with Crippen LogP contribution in [0.3, 0.4) is 0 Å². The van der Waals surface area contributed by atoms with Crippen LogP contribution < -0.4 is 10.5 Å². The second-order valence-corrected chi connectivity index (χ2v) is 6.71. The summed E-state index contributed by atoms with van der Waals surface area (Å²) in [5.74, 6) is 1.45. The molecule has 0 aliphatic heterocycles. The van der Waals surface area contributed by atoms with Gasteiger partial charge in [0.25, 0.3) is 0 Å². The van der Waals surface area contributed by atoms with E-state index < -0.39 is 0 Å². The number of allylic oxidation sites excluding steroid dienone is 1. The van der Waals surface area contributed by atoms with Gasteiger partial charge in [0.15, 0.2) is 0 Å².